The molecular weight excluding hydrogens is 562 g/mol. The summed E-state index contributed by atoms with van der Waals surface area (Å²) in [6.45, 7) is 14.5. The predicted molar refractivity (Wildman–Crippen MR) is 176 cm³/mol. The second kappa shape index (κ2) is 17.3. The number of imide groups is 1. The molecule has 0 radical (unpaired) electrons. The van der Waals surface area contributed by atoms with E-state index in [0.29, 0.717) is 5.75 Å². The van der Waals surface area contributed by atoms with Crippen molar-refractivity contribution < 1.29 is 23.9 Å². The molecule has 2 aromatic rings. The zero-order valence-corrected chi connectivity index (χ0v) is 28.0. The highest BCUT2D eigenvalue weighted by molar-refractivity contribution is 7.98. The third-order valence-electron chi connectivity index (χ3n) is 6.52. The van der Waals surface area contributed by atoms with E-state index in [0.717, 1.165) is 43.7 Å². The van der Waals surface area contributed by atoms with Crippen molar-refractivity contribution in [1.82, 2.24) is 15.5 Å². The largest absolute Gasteiger partial charge is 0.488 e. The molecule has 0 aliphatic carbocycles. The molecule has 238 valence electrons. The molecule has 0 unspecified atom stereocenters. The fourth-order valence-corrected chi connectivity index (χ4v) is 4.88. The first-order valence-electron chi connectivity index (χ1n) is 15.1. The molecule has 0 fully saturated rings. The second-order valence-corrected chi connectivity index (χ2v) is 13.7. The summed E-state index contributed by atoms with van der Waals surface area (Å²) >= 11 is 1.77. The van der Waals surface area contributed by atoms with Crippen molar-refractivity contribution in [2.45, 2.75) is 97.4 Å². The van der Waals surface area contributed by atoms with Crippen molar-refractivity contribution in [3.8, 4) is 5.75 Å². The molecule has 0 aliphatic heterocycles. The molecule has 2 N–H and O–H groups in total. The molecule has 0 aromatic heterocycles. The molecule has 2 rings (SSSR count). The van der Waals surface area contributed by atoms with Gasteiger partial charge in [-0.05, 0) is 116 Å². The fourth-order valence-electron chi connectivity index (χ4n) is 4.46. The molecule has 0 aliphatic rings. The smallest absolute Gasteiger partial charge is 0.408 e. The van der Waals surface area contributed by atoms with E-state index in [2.05, 4.69) is 33.9 Å². The van der Waals surface area contributed by atoms with Crippen molar-refractivity contribution >= 4 is 29.7 Å². The van der Waals surface area contributed by atoms with Crippen LogP contribution in [0.5, 0.6) is 5.75 Å². The van der Waals surface area contributed by atoms with Gasteiger partial charge in [0.1, 0.15) is 23.0 Å². The van der Waals surface area contributed by atoms with Crippen LogP contribution in [0.4, 0.5) is 4.79 Å². The van der Waals surface area contributed by atoms with Crippen LogP contribution in [0, 0.1) is 0 Å². The summed E-state index contributed by atoms with van der Waals surface area (Å²) in [7, 11) is 0. The zero-order valence-electron chi connectivity index (χ0n) is 27.2. The summed E-state index contributed by atoms with van der Waals surface area (Å²) in [5.41, 5.74) is 0.980. The fraction of sp³-hybridized carbons (Fsp3) is 0.559. The van der Waals surface area contributed by atoms with Crippen LogP contribution in [0.15, 0.2) is 54.6 Å². The van der Waals surface area contributed by atoms with Gasteiger partial charge in [-0.25, -0.2) is 4.79 Å². The van der Waals surface area contributed by atoms with Crippen LogP contribution in [-0.4, -0.2) is 71.2 Å². The average Bonchev–Trinajstić information content (AvgIpc) is 2.91. The first-order chi connectivity index (χ1) is 20.2. The van der Waals surface area contributed by atoms with Gasteiger partial charge in [0.25, 0.3) is 0 Å². The Balaban J connectivity index is 2.12. The van der Waals surface area contributed by atoms with E-state index < -0.39 is 35.6 Å². The minimum absolute atomic E-state index is 0.178. The molecule has 3 amide bonds. The Morgan fingerprint density at radius 3 is 2.05 bits per heavy atom. The molecule has 0 spiro atoms. The van der Waals surface area contributed by atoms with E-state index in [4.69, 9.17) is 9.47 Å². The van der Waals surface area contributed by atoms with E-state index in [-0.39, 0.29) is 12.0 Å². The number of alkyl carbamates (subject to hydrolysis) is 1. The molecule has 0 saturated carbocycles. The molecule has 2 atom stereocenters. The normalized spacial score (nSPS) is 13.2. The van der Waals surface area contributed by atoms with Crippen LogP contribution >= 0.6 is 11.8 Å². The van der Waals surface area contributed by atoms with Gasteiger partial charge < -0.3 is 14.8 Å². The Kier molecular flexibility index (Phi) is 14.5. The van der Waals surface area contributed by atoms with Crippen molar-refractivity contribution in [2.75, 3.05) is 25.1 Å². The Bertz CT molecular complexity index is 1140. The van der Waals surface area contributed by atoms with E-state index in [1.165, 1.54) is 5.56 Å². The van der Waals surface area contributed by atoms with Gasteiger partial charge in [-0.15, -0.1) is 0 Å². The Morgan fingerprint density at radius 1 is 0.837 bits per heavy atom. The molecule has 8 nitrogen and oxygen atoms in total. The quantitative estimate of drug-likeness (QED) is 0.237. The van der Waals surface area contributed by atoms with E-state index in [9.17, 15) is 14.4 Å². The summed E-state index contributed by atoms with van der Waals surface area (Å²) < 4.78 is 11.3. The monoisotopic (exact) mass is 613 g/mol. The number of aryl methyl sites for hydroxylation is 1. The van der Waals surface area contributed by atoms with Gasteiger partial charge >= 0.3 is 6.09 Å². The molecule has 43 heavy (non-hydrogen) atoms. The van der Waals surface area contributed by atoms with Gasteiger partial charge in [-0.2, -0.15) is 11.8 Å². The SMILES string of the molecule is CSCCCN(CCCc1ccccc1)[C@H](C)C(=O)NC(=O)[C@H](Cc1ccc(OC(C)(C)C)cc1)NC(=O)OC(C)(C)C. The summed E-state index contributed by atoms with van der Waals surface area (Å²) in [5, 5.41) is 5.24. The Hall–Kier alpha value is -3.04. The number of benzene rings is 2. The summed E-state index contributed by atoms with van der Waals surface area (Å²) in [6, 6.07) is 16.1. The van der Waals surface area contributed by atoms with Gasteiger partial charge in [0.05, 0.1) is 6.04 Å². The molecule has 0 heterocycles. The van der Waals surface area contributed by atoms with Gasteiger partial charge in [0, 0.05) is 6.42 Å². The van der Waals surface area contributed by atoms with Crippen LogP contribution in [0.2, 0.25) is 0 Å². The lowest BCUT2D eigenvalue weighted by Gasteiger charge is -2.29. The zero-order chi connectivity index (χ0) is 32.0. The van der Waals surface area contributed by atoms with Crippen LogP contribution < -0.4 is 15.4 Å². The average molecular weight is 614 g/mol. The summed E-state index contributed by atoms with van der Waals surface area (Å²) in [5.74, 6) is 0.726. The van der Waals surface area contributed by atoms with E-state index in [1.54, 1.807) is 32.5 Å². The van der Waals surface area contributed by atoms with Crippen LogP contribution in [0.1, 0.15) is 72.4 Å². The molecule has 2 aromatic carbocycles. The molecule has 9 heteroatoms. The lowest BCUT2D eigenvalue weighted by atomic mass is 10.0. The summed E-state index contributed by atoms with van der Waals surface area (Å²) in [4.78, 5) is 41.6. The van der Waals surface area contributed by atoms with Gasteiger partial charge in [-0.3, -0.25) is 19.8 Å². The number of carbonyl (C=O) groups is 3. The lowest BCUT2D eigenvalue weighted by molar-refractivity contribution is -0.134. The third-order valence-corrected chi connectivity index (χ3v) is 7.21. The number of rotatable bonds is 15. The van der Waals surface area contributed by atoms with Gasteiger partial charge in [-0.1, -0.05) is 42.5 Å². The Morgan fingerprint density at radius 2 is 1.47 bits per heavy atom. The standard InChI is InChI=1S/C34H51N3O5S/c1-25(37(22-13-23-43-8)21-12-16-26-14-10-9-11-15-26)30(38)36-31(39)29(35-32(40)42-34(5,6)7)24-27-17-19-28(20-18-27)41-33(2,3)4/h9-11,14-15,17-20,25,29H,12-13,16,21-24H2,1-8H3,(H,35,40)(H,36,38,39)/t25-,29+/m1/s1. The topological polar surface area (TPSA) is 97.0 Å². The highest BCUT2D eigenvalue weighted by atomic mass is 32.2. The first kappa shape index (κ1) is 36.2. The predicted octanol–water partition coefficient (Wildman–Crippen LogP) is 6.02. The van der Waals surface area contributed by atoms with Gasteiger partial charge in [0.2, 0.25) is 11.8 Å². The highest BCUT2D eigenvalue weighted by Gasteiger charge is 2.29. The Labute approximate surface area is 262 Å². The molecule has 0 saturated heterocycles. The summed E-state index contributed by atoms with van der Waals surface area (Å²) in [6.07, 6.45) is 4.27. The minimum atomic E-state index is -1.01. The van der Waals surface area contributed by atoms with Crippen LogP contribution in [0.3, 0.4) is 0 Å². The van der Waals surface area contributed by atoms with Gasteiger partial charge in [0.15, 0.2) is 0 Å². The van der Waals surface area contributed by atoms with E-state index >= 15 is 0 Å². The third kappa shape index (κ3) is 14.8. The highest BCUT2D eigenvalue weighted by Crippen LogP contribution is 2.19. The number of nitrogens with one attached hydrogen (secondary N) is 2. The van der Waals surface area contributed by atoms with Crippen LogP contribution in [-0.2, 0) is 27.2 Å². The maximum atomic E-state index is 13.5. The number of ether oxygens (including phenoxy) is 2. The number of hydrogen-bond acceptors (Lipinski definition) is 7. The lowest BCUT2D eigenvalue weighted by Crippen LogP contribution is -2.54. The van der Waals surface area contributed by atoms with Crippen molar-refractivity contribution in [3.05, 3.63) is 65.7 Å². The van der Waals surface area contributed by atoms with Crippen molar-refractivity contribution in [2.24, 2.45) is 0 Å². The molecule has 0 bridgehead atoms. The number of hydrogen-bond donors (Lipinski definition) is 2. The maximum Gasteiger partial charge on any atom is 0.408 e. The second-order valence-electron chi connectivity index (χ2n) is 12.8. The van der Waals surface area contributed by atoms with E-state index in [1.807, 2.05) is 70.2 Å². The molecular formula is C34H51N3O5S. The first-order valence-corrected chi connectivity index (χ1v) is 16.5. The maximum absolute atomic E-state index is 13.5. The number of carbonyl (C=O) groups excluding carboxylic acids is 3. The number of nitrogens with zero attached hydrogens (tertiary/aromatic N) is 1. The minimum Gasteiger partial charge on any atom is -0.488 e. The number of thioether (sulfide) groups is 1. The van der Waals surface area contributed by atoms with Crippen LogP contribution in [0.25, 0.3) is 0 Å². The number of amides is 3. The van der Waals surface area contributed by atoms with Crippen molar-refractivity contribution in [1.29, 1.82) is 0 Å². The van der Waals surface area contributed by atoms with Crippen molar-refractivity contribution in [3.63, 3.8) is 0 Å².